The Morgan fingerprint density at radius 2 is 1.89 bits per heavy atom. The van der Waals surface area contributed by atoms with Crippen molar-refractivity contribution in [2.75, 3.05) is 0 Å². The molecule has 27 heavy (non-hydrogen) atoms. The van der Waals surface area contributed by atoms with Crippen molar-refractivity contribution in [3.05, 3.63) is 48.4 Å². The van der Waals surface area contributed by atoms with Crippen LogP contribution in [0.25, 0.3) is 11.0 Å². The van der Waals surface area contributed by atoms with Crippen LogP contribution in [0.5, 0.6) is 11.6 Å². The average Bonchev–Trinajstić information content (AvgIpc) is 3.22. The van der Waals surface area contributed by atoms with Gasteiger partial charge >= 0.3 is 6.18 Å². The quantitative estimate of drug-likeness (QED) is 0.725. The van der Waals surface area contributed by atoms with Gasteiger partial charge < -0.3 is 14.4 Å². The SMILES string of the molecule is OC1(Cn2cnc3ccc(Oc4ccc(C(F)(F)F)cn4)cc32)CCCC1. The number of nitrogens with zero attached hydrogens (tertiary/aromatic N) is 3. The molecule has 4 rings (SSSR count). The van der Waals surface area contributed by atoms with E-state index in [2.05, 4.69) is 9.97 Å². The Balaban J connectivity index is 1.57. The molecule has 0 bridgehead atoms. The molecule has 1 aliphatic carbocycles. The van der Waals surface area contributed by atoms with Crippen LogP contribution in [0.3, 0.4) is 0 Å². The van der Waals surface area contributed by atoms with Crippen LogP contribution in [0, 0.1) is 0 Å². The van der Waals surface area contributed by atoms with Gasteiger partial charge in [-0.2, -0.15) is 13.2 Å². The number of pyridine rings is 1. The van der Waals surface area contributed by atoms with Crippen molar-refractivity contribution in [1.82, 2.24) is 14.5 Å². The maximum absolute atomic E-state index is 12.6. The summed E-state index contributed by atoms with van der Waals surface area (Å²) in [5.74, 6) is 0.512. The lowest BCUT2D eigenvalue weighted by Crippen LogP contribution is -2.30. The Morgan fingerprint density at radius 1 is 1.11 bits per heavy atom. The van der Waals surface area contributed by atoms with E-state index in [1.54, 1.807) is 24.5 Å². The molecule has 1 fully saturated rings. The van der Waals surface area contributed by atoms with Gasteiger partial charge in [-0.25, -0.2) is 9.97 Å². The molecule has 0 radical (unpaired) electrons. The molecule has 1 saturated carbocycles. The molecule has 0 aliphatic heterocycles. The van der Waals surface area contributed by atoms with E-state index in [-0.39, 0.29) is 5.88 Å². The number of imidazole rings is 1. The Morgan fingerprint density at radius 3 is 2.56 bits per heavy atom. The third kappa shape index (κ3) is 3.75. The maximum Gasteiger partial charge on any atom is 0.417 e. The topological polar surface area (TPSA) is 60.2 Å². The van der Waals surface area contributed by atoms with E-state index in [0.29, 0.717) is 12.3 Å². The van der Waals surface area contributed by atoms with Crippen molar-refractivity contribution in [3.63, 3.8) is 0 Å². The zero-order valence-corrected chi connectivity index (χ0v) is 14.4. The van der Waals surface area contributed by atoms with Gasteiger partial charge in [0, 0.05) is 18.3 Å². The maximum atomic E-state index is 12.6. The molecule has 0 atom stereocenters. The second-order valence-corrected chi connectivity index (χ2v) is 6.94. The van der Waals surface area contributed by atoms with Crippen LogP contribution in [0.1, 0.15) is 31.2 Å². The van der Waals surface area contributed by atoms with E-state index < -0.39 is 17.3 Å². The van der Waals surface area contributed by atoms with Crippen LogP contribution in [-0.2, 0) is 12.7 Å². The van der Waals surface area contributed by atoms with Crippen LogP contribution < -0.4 is 4.74 Å². The van der Waals surface area contributed by atoms with Gasteiger partial charge in [0.2, 0.25) is 5.88 Å². The van der Waals surface area contributed by atoms with Gasteiger partial charge in [-0.3, -0.25) is 0 Å². The highest BCUT2D eigenvalue weighted by molar-refractivity contribution is 5.77. The smallest absolute Gasteiger partial charge is 0.417 e. The van der Waals surface area contributed by atoms with E-state index in [1.807, 2.05) is 4.57 Å². The van der Waals surface area contributed by atoms with Crippen molar-refractivity contribution in [3.8, 4) is 11.6 Å². The Hall–Kier alpha value is -2.61. The number of fused-ring (bicyclic) bond motifs is 1. The number of benzene rings is 1. The van der Waals surface area contributed by atoms with Gasteiger partial charge in [0.15, 0.2) is 0 Å². The van der Waals surface area contributed by atoms with Gasteiger partial charge in [-0.1, -0.05) is 12.8 Å². The molecule has 3 aromatic rings. The predicted molar refractivity (Wildman–Crippen MR) is 92.5 cm³/mol. The first-order chi connectivity index (χ1) is 12.8. The lowest BCUT2D eigenvalue weighted by molar-refractivity contribution is -0.137. The molecule has 2 heterocycles. The summed E-state index contributed by atoms with van der Waals surface area (Å²) in [6.07, 6.45) is 1.54. The van der Waals surface area contributed by atoms with E-state index >= 15 is 0 Å². The molecule has 1 N–H and O–H groups in total. The van der Waals surface area contributed by atoms with Crippen molar-refractivity contribution < 1.29 is 23.0 Å². The number of aromatic nitrogens is 3. The molecule has 8 heteroatoms. The summed E-state index contributed by atoms with van der Waals surface area (Å²) in [7, 11) is 0. The van der Waals surface area contributed by atoms with Crippen molar-refractivity contribution in [1.29, 1.82) is 0 Å². The van der Waals surface area contributed by atoms with Gasteiger partial charge in [0.05, 0.1) is 35.1 Å². The molecule has 2 aromatic heterocycles. The summed E-state index contributed by atoms with van der Waals surface area (Å²) in [6.45, 7) is 0.450. The van der Waals surface area contributed by atoms with Gasteiger partial charge in [0.25, 0.3) is 0 Å². The first-order valence-electron chi connectivity index (χ1n) is 8.71. The summed E-state index contributed by atoms with van der Waals surface area (Å²) in [6, 6.07) is 7.32. The molecule has 1 aliphatic rings. The fourth-order valence-electron chi connectivity index (χ4n) is 3.46. The second-order valence-electron chi connectivity index (χ2n) is 6.94. The monoisotopic (exact) mass is 377 g/mol. The van der Waals surface area contributed by atoms with Crippen molar-refractivity contribution in [2.45, 2.75) is 44.0 Å². The summed E-state index contributed by atoms with van der Waals surface area (Å²) < 4.78 is 45.3. The normalized spacial score (nSPS) is 16.7. The summed E-state index contributed by atoms with van der Waals surface area (Å²) in [5.41, 5.74) is -0.00307. The third-order valence-corrected chi connectivity index (χ3v) is 4.88. The molecule has 0 amide bonds. The highest BCUT2D eigenvalue weighted by Gasteiger charge is 2.32. The molecular formula is C19H18F3N3O2. The van der Waals surface area contributed by atoms with Crippen molar-refractivity contribution in [2.24, 2.45) is 0 Å². The molecule has 1 aromatic carbocycles. The van der Waals surface area contributed by atoms with Crippen LogP contribution >= 0.6 is 0 Å². The van der Waals surface area contributed by atoms with Crippen LogP contribution in [0.2, 0.25) is 0 Å². The number of rotatable bonds is 4. The molecule has 0 saturated heterocycles. The number of hydrogen-bond donors (Lipinski definition) is 1. The molecule has 5 nitrogen and oxygen atoms in total. The average molecular weight is 377 g/mol. The number of halogens is 3. The Labute approximate surface area is 153 Å². The number of hydrogen-bond acceptors (Lipinski definition) is 4. The van der Waals surface area contributed by atoms with Gasteiger partial charge in [-0.05, 0) is 31.0 Å². The molecule has 0 unspecified atom stereocenters. The molecule has 0 spiro atoms. The third-order valence-electron chi connectivity index (χ3n) is 4.88. The van der Waals surface area contributed by atoms with E-state index in [1.165, 1.54) is 6.07 Å². The minimum Gasteiger partial charge on any atom is -0.439 e. The van der Waals surface area contributed by atoms with E-state index in [0.717, 1.165) is 49.0 Å². The zero-order valence-electron chi connectivity index (χ0n) is 14.4. The second kappa shape index (κ2) is 6.53. The fraction of sp³-hybridized carbons (Fsp3) is 0.368. The first-order valence-corrected chi connectivity index (χ1v) is 8.71. The highest BCUT2D eigenvalue weighted by atomic mass is 19.4. The zero-order chi connectivity index (χ0) is 19.1. The van der Waals surface area contributed by atoms with Crippen LogP contribution in [0.15, 0.2) is 42.9 Å². The lowest BCUT2D eigenvalue weighted by Gasteiger charge is -2.22. The van der Waals surface area contributed by atoms with Crippen LogP contribution in [0.4, 0.5) is 13.2 Å². The summed E-state index contributed by atoms with van der Waals surface area (Å²) >= 11 is 0. The summed E-state index contributed by atoms with van der Waals surface area (Å²) in [4.78, 5) is 8.05. The largest absolute Gasteiger partial charge is 0.439 e. The molecular weight excluding hydrogens is 359 g/mol. The minimum absolute atomic E-state index is 0.0721. The lowest BCUT2D eigenvalue weighted by atomic mass is 10.0. The van der Waals surface area contributed by atoms with E-state index in [4.69, 9.17) is 4.74 Å². The standard InChI is InChI=1S/C19H18F3N3O2/c20-19(21,22)13-3-6-17(23-10-13)27-14-4-5-15-16(9-14)25(12-24-15)11-18(26)7-1-2-8-18/h3-6,9-10,12,26H,1-2,7-8,11H2. The highest BCUT2D eigenvalue weighted by Crippen LogP contribution is 2.33. The molecule has 142 valence electrons. The van der Waals surface area contributed by atoms with Crippen LogP contribution in [-0.4, -0.2) is 25.2 Å². The van der Waals surface area contributed by atoms with Crippen molar-refractivity contribution >= 4 is 11.0 Å². The first kappa shape index (κ1) is 17.8. The Bertz CT molecular complexity index is 945. The fourth-order valence-corrected chi connectivity index (χ4v) is 3.46. The predicted octanol–water partition coefficient (Wildman–Crippen LogP) is 4.55. The number of aliphatic hydroxyl groups is 1. The van der Waals surface area contributed by atoms with Gasteiger partial charge in [0.1, 0.15) is 5.75 Å². The number of alkyl halides is 3. The van der Waals surface area contributed by atoms with E-state index in [9.17, 15) is 18.3 Å². The number of ether oxygens (including phenoxy) is 1. The minimum atomic E-state index is -4.43. The summed E-state index contributed by atoms with van der Waals surface area (Å²) in [5, 5.41) is 10.6. The van der Waals surface area contributed by atoms with Gasteiger partial charge in [-0.15, -0.1) is 0 Å². The Kier molecular flexibility index (Phi) is 4.30.